The lowest BCUT2D eigenvalue weighted by atomic mass is 10.0. The van der Waals surface area contributed by atoms with Gasteiger partial charge in [0.2, 0.25) is 0 Å². The molecular weight excluding hydrogens is 212 g/mol. The average molecular weight is 234 g/mol. The SMILES string of the molecule is CCc1nc(N)c(C)c(N2CCCCC2C)n1. The van der Waals surface area contributed by atoms with E-state index >= 15 is 0 Å². The second-order valence-corrected chi connectivity index (χ2v) is 4.87. The van der Waals surface area contributed by atoms with E-state index in [0.29, 0.717) is 11.9 Å². The summed E-state index contributed by atoms with van der Waals surface area (Å²) in [5.74, 6) is 2.52. The van der Waals surface area contributed by atoms with Gasteiger partial charge in [-0.2, -0.15) is 0 Å². The molecule has 0 radical (unpaired) electrons. The summed E-state index contributed by atoms with van der Waals surface area (Å²) in [6.45, 7) is 7.43. The average Bonchev–Trinajstić information content (AvgIpc) is 2.33. The molecule has 0 amide bonds. The molecule has 1 atom stereocenters. The van der Waals surface area contributed by atoms with Crippen LogP contribution < -0.4 is 10.6 Å². The quantitative estimate of drug-likeness (QED) is 0.853. The number of nitrogens with zero attached hydrogens (tertiary/aromatic N) is 3. The van der Waals surface area contributed by atoms with E-state index in [9.17, 15) is 0 Å². The third-order valence-electron chi connectivity index (χ3n) is 3.60. The monoisotopic (exact) mass is 234 g/mol. The lowest BCUT2D eigenvalue weighted by Gasteiger charge is -2.35. The number of hydrogen-bond acceptors (Lipinski definition) is 4. The molecule has 1 aliphatic rings. The number of nitrogen functional groups attached to an aromatic ring is 1. The summed E-state index contributed by atoms with van der Waals surface area (Å²) in [6.07, 6.45) is 4.64. The summed E-state index contributed by atoms with van der Waals surface area (Å²) < 4.78 is 0. The first-order valence-electron chi connectivity index (χ1n) is 6.53. The van der Waals surface area contributed by atoms with Crippen molar-refractivity contribution in [1.29, 1.82) is 0 Å². The first kappa shape index (κ1) is 12.1. The van der Waals surface area contributed by atoms with Crippen molar-refractivity contribution in [3.63, 3.8) is 0 Å². The summed E-state index contributed by atoms with van der Waals surface area (Å²) in [5, 5.41) is 0. The first-order chi connectivity index (χ1) is 8.13. The van der Waals surface area contributed by atoms with E-state index in [1.807, 2.05) is 6.92 Å². The van der Waals surface area contributed by atoms with Crippen LogP contribution in [0.3, 0.4) is 0 Å². The van der Waals surface area contributed by atoms with E-state index in [1.165, 1.54) is 19.3 Å². The van der Waals surface area contributed by atoms with Gasteiger partial charge in [0.15, 0.2) is 0 Å². The summed E-state index contributed by atoms with van der Waals surface area (Å²) in [6, 6.07) is 0.557. The van der Waals surface area contributed by atoms with Crippen LogP contribution in [-0.2, 0) is 6.42 Å². The smallest absolute Gasteiger partial charge is 0.137 e. The molecule has 1 aliphatic heterocycles. The van der Waals surface area contributed by atoms with Gasteiger partial charge < -0.3 is 10.6 Å². The van der Waals surface area contributed by atoms with Gasteiger partial charge in [-0.05, 0) is 33.1 Å². The fraction of sp³-hybridized carbons (Fsp3) is 0.692. The number of piperidine rings is 1. The lowest BCUT2D eigenvalue weighted by Crippen LogP contribution is -2.38. The summed E-state index contributed by atoms with van der Waals surface area (Å²) in [5.41, 5.74) is 7.00. The second-order valence-electron chi connectivity index (χ2n) is 4.87. The Morgan fingerprint density at radius 1 is 1.35 bits per heavy atom. The Balaban J connectivity index is 2.38. The highest BCUT2D eigenvalue weighted by Crippen LogP contribution is 2.28. The Labute approximate surface area is 103 Å². The molecular formula is C13H22N4. The zero-order valence-corrected chi connectivity index (χ0v) is 11.0. The van der Waals surface area contributed by atoms with Crippen LogP contribution in [0.25, 0.3) is 0 Å². The Hall–Kier alpha value is -1.32. The molecule has 0 bridgehead atoms. The minimum Gasteiger partial charge on any atom is -0.383 e. The van der Waals surface area contributed by atoms with Gasteiger partial charge in [0.25, 0.3) is 0 Å². The van der Waals surface area contributed by atoms with Crippen LogP contribution in [-0.4, -0.2) is 22.6 Å². The molecule has 1 aromatic heterocycles. The number of hydrogen-bond donors (Lipinski definition) is 1. The van der Waals surface area contributed by atoms with Crippen LogP contribution in [0.2, 0.25) is 0 Å². The van der Waals surface area contributed by atoms with Crippen molar-refractivity contribution in [2.45, 2.75) is 52.5 Å². The third-order valence-corrected chi connectivity index (χ3v) is 3.60. The van der Waals surface area contributed by atoms with E-state index < -0.39 is 0 Å². The van der Waals surface area contributed by atoms with Gasteiger partial charge in [-0.25, -0.2) is 9.97 Å². The van der Waals surface area contributed by atoms with Crippen molar-refractivity contribution in [3.8, 4) is 0 Å². The number of aryl methyl sites for hydroxylation is 1. The van der Waals surface area contributed by atoms with Gasteiger partial charge in [-0.1, -0.05) is 6.92 Å². The molecule has 0 aromatic carbocycles. The number of rotatable bonds is 2. The van der Waals surface area contributed by atoms with Crippen LogP contribution in [0.1, 0.15) is 44.5 Å². The predicted octanol–water partition coefficient (Wildman–Crippen LogP) is 2.31. The highest BCUT2D eigenvalue weighted by molar-refractivity contribution is 5.57. The Kier molecular flexibility index (Phi) is 3.50. The zero-order chi connectivity index (χ0) is 12.4. The molecule has 2 heterocycles. The zero-order valence-electron chi connectivity index (χ0n) is 11.0. The van der Waals surface area contributed by atoms with Crippen LogP contribution in [0, 0.1) is 6.92 Å². The summed E-state index contributed by atoms with van der Waals surface area (Å²) in [4.78, 5) is 11.4. The first-order valence-corrected chi connectivity index (χ1v) is 6.53. The normalized spacial score (nSPS) is 20.6. The van der Waals surface area contributed by atoms with Gasteiger partial charge in [-0.3, -0.25) is 0 Å². The standard InChI is InChI=1S/C13H22N4/c1-4-11-15-12(14)10(3)13(16-11)17-8-6-5-7-9(17)2/h9H,4-8H2,1-3H3,(H2,14,15,16). The van der Waals surface area contributed by atoms with Gasteiger partial charge in [0.05, 0.1) is 0 Å². The molecule has 2 N–H and O–H groups in total. The van der Waals surface area contributed by atoms with E-state index in [0.717, 1.165) is 30.2 Å². The maximum atomic E-state index is 5.97. The molecule has 0 spiro atoms. The molecule has 1 fully saturated rings. The van der Waals surface area contributed by atoms with Crippen molar-refractivity contribution in [1.82, 2.24) is 9.97 Å². The van der Waals surface area contributed by atoms with Gasteiger partial charge >= 0.3 is 0 Å². The largest absolute Gasteiger partial charge is 0.383 e. The Morgan fingerprint density at radius 3 is 2.76 bits per heavy atom. The third kappa shape index (κ3) is 2.35. The molecule has 1 aromatic rings. The fourth-order valence-corrected chi connectivity index (χ4v) is 2.42. The van der Waals surface area contributed by atoms with Crippen LogP contribution in [0.15, 0.2) is 0 Å². The highest BCUT2D eigenvalue weighted by atomic mass is 15.2. The number of nitrogens with two attached hydrogens (primary N) is 1. The molecule has 0 aliphatic carbocycles. The molecule has 2 rings (SSSR count). The van der Waals surface area contributed by atoms with Crippen LogP contribution >= 0.6 is 0 Å². The molecule has 1 saturated heterocycles. The van der Waals surface area contributed by atoms with Gasteiger partial charge in [0.1, 0.15) is 17.5 Å². The van der Waals surface area contributed by atoms with Crippen LogP contribution in [0.5, 0.6) is 0 Å². The van der Waals surface area contributed by atoms with E-state index in [-0.39, 0.29) is 0 Å². The number of anilines is 2. The van der Waals surface area contributed by atoms with Gasteiger partial charge in [0, 0.05) is 24.6 Å². The van der Waals surface area contributed by atoms with Crippen molar-refractivity contribution in [3.05, 3.63) is 11.4 Å². The molecule has 17 heavy (non-hydrogen) atoms. The Bertz CT molecular complexity index is 403. The van der Waals surface area contributed by atoms with Crippen LogP contribution in [0.4, 0.5) is 11.6 Å². The maximum Gasteiger partial charge on any atom is 0.137 e. The van der Waals surface area contributed by atoms with Crippen molar-refractivity contribution >= 4 is 11.6 Å². The van der Waals surface area contributed by atoms with E-state index in [4.69, 9.17) is 5.73 Å². The maximum absolute atomic E-state index is 5.97. The fourth-order valence-electron chi connectivity index (χ4n) is 2.42. The van der Waals surface area contributed by atoms with Crippen molar-refractivity contribution < 1.29 is 0 Å². The number of aromatic nitrogens is 2. The van der Waals surface area contributed by atoms with Gasteiger partial charge in [-0.15, -0.1) is 0 Å². The molecule has 4 nitrogen and oxygen atoms in total. The minimum atomic E-state index is 0.557. The molecule has 0 saturated carbocycles. The predicted molar refractivity (Wildman–Crippen MR) is 71.2 cm³/mol. The van der Waals surface area contributed by atoms with E-state index in [2.05, 4.69) is 28.7 Å². The molecule has 94 valence electrons. The summed E-state index contributed by atoms with van der Waals surface area (Å²) >= 11 is 0. The van der Waals surface area contributed by atoms with E-state index in [1.54, 1.807) is 0 Å². The lowest BCUT2D eigenvalue weighted by molar-refractivity contribution is 0.479. The summed E-state index contributed by atoms with van der Waals surface area (Å²) in [7, 11) is 0. The van der Waals surface area contributed by atoms with Crippen molar-refractivity contribution in [2.75, 3.05) is 17.2 Å². The molecule has 4 heteroatoms. The Morgan fingerprint density at radius 2 is 2.12 bits per heavy atom. The second kappa shape index (κ2) is 4.90. The molecule has 1 unspecified atom stereocenters. The highest BCUT2D eigenvalue weighted by Gasteiger charge is 2.22. The topological polar surface area (TPSA) is 55.0 Å². The van der Waals surface area contributed by atoms with Crippen molar-refractivity contribution in [2.24, 2.45) is 0 Å². The minimum absolute atomic E-state index is 0.557.